The summed E-state index contributed by atoms with van der Waals surface area (Å²) in [5, 5.41) is 31.2. The van der Waals surface area contributed by atoms with Crippen molar-refractivity contribution in [1.29, 1.82) is 5.26 Å². The number of rotatable bonds is 6. The van der Waals surface area contributed by atoms with Crippen molar-refractivity contribution in [2.45, 2.75) is 77.0 Å². The van der Waals surface area contributed by atoms with E-state index in [9.17, 15) is 15.2 Å². The normalized spacial score (nSPS) is 19.8. The summed E-state index contributed by atoms with van der Waals surface area (Å²) in [6.07, 6.45) is 6.59. The van der Waals surface area contributed by atoms with Crippen LogP contribution in [0, 0.1) is 11.3 Å². The molecule has 11 nitrogen and oxygen atoms in total. The summed E-state index contributed by atoms with van der Waals surface area (Å²) in [4.78, 5) is 24.1. The van der Waals surface area contributed by atoms with Crippen molar-refractivity contribution in [3.8, 4) is 11.9 Å². The van der Waals surface area contributed by atoms with Crippen molar-refractivity contribution in [3.05, 3.63) is 35.7 Å². The van der Waals surface area contributed by atoms with Gasteiger partial charge in [0, 0.05) is 19.2 Å². The van der Waals surface area contributed by atoms with Crippen LogP contribution in [0.15, 0.2) is 24.4 Å². The molecular formula is C27H34N8O3. The molecule has 3 aromatic rings. The summed E-state index contributed by atoms with van der Waals surface area (Å²) in [5.74, 6) is 1.14. The van der Waals surface area contributed by atoms with Gasteiger partial charge in [0.25, 0.3) is 5.91 Å². The maximum Gasteiger partial charge on any atom is 0.259 e. The molecule has 3 N–H and O–H groups in total. The fourth-order valence-corrected chi connectivity index (χ4v) is 4.95. The molecule has 0 unspecified atom stereocenters. The monoisotopic (exact) mass is 518 g/mol. The van der Waals surface area contributed by atoms with Crippen LogP contribution in [0.1, 0.15) is 75.3 Å². The highest BCUT2D eigenvalue weighted by molar-refractivity contribution is 5.97. The molecular weight excluding hydrogens is 484 g/mol. The van der Waals surface area contributed by atoms with Crippen LogP contribution in [0.25, 0.3) is 5.65 Å². The minimum atomic E-state index is -0.557. The summed E-state index contributed by atoms with van der Waals surface area (Å²) < 4.78 is 7.59. The van der Waals surface area contributed by atoms with Crippen LogP contribution < -0.4 is 15.4 Å². The Hall–Kier alpha value is -3.91. The third kappa shape index (κ3) is 5.50. The van der Waals surface area contributed by atoms with Gasteiger partial charge in [-0.15, -0.1) is 5.10 Å². The lowest BCUT2D eigenvalue weighted by atomic mass is 9.92. The number of amides is 1. The van der Waals surface area contributed by atoms with Gasteiger partial charge in [-0.1, -0.05) is 12.8 Å². The Morgan fingerprint density at radius 2 is 1.92 bits per heavy atom. The molecule has 0 spiro atoms. The smallest absolute Gasteiger partial charge is 0.259 e. The van der Waals surface area contributed by atoms with Crippen molar-refractivity contribution in [3.63, 3.8) is 0 Å². The third-order valence-corrected chi connectivity index (χ3v) is 6.79. The first-order valence-corrected chi connectivity index (χ1v) is 13.2. The molecule has 0 bridgehead atoms. The topological polar surface area (TPSA) is 141 Å². The SMILES string of the molecule is CC(C)(C)Oc1nc(Nc2cc(N[C@@H]3CCCC[C@H]3O)nn3c(C#N)cnc23)ccc1C(=O)N1CCCC1. The molecule has 2 fully saturated rings. The molecule has 11 heteroatoms. The summed E-state index contributed by atoms with van der Waals surface area (Å²) in [6, 6.07) is 7.25. The Labute approximate surface area is 221 Å². The number of imidazole rings is 1. The second-order valence-corrected chi connectivity index (χ2v) is 10.9. The molecule has 0 aromatic carbocycles. The molecule has 1 aliphatic carbocycles. The summed E-state index contributed by atoms with van der Waals surface area (Å²) >= 11 is 0. The Balaban J connectivity index is 1.50. The fraction of sp³-hybridized carbons (Fsp3) is 0.519. The predicted octanol–water partition coefficient (Wildman–Crippen LogP) is 3.87. The van der Waals surface area contributed by atoms with Crippen LogP contribution in [0.3, 0.4) is 0 Å². The molecule has 0 radical (unpaired) electrons. The van der Waals surface area contributed by atoms with E-state index >= 15 is 0 Å². The highest BCUT2D eigenvalue weighted by Crippen LogP contribution is 2.30. The lowest BCUT2D eigenvalue weighted by Crippen LogP contribution is -2.36. The van der Waals surface area contributed by atoms with Crippen LogP contribution in [-0.4, -0.2) is 66.3 Å². The number of aliphatic hydroxyl groups is 1. The van der Waals surface area contributed by atoms with E-state index in [0.29, 0.717) is 28.5 Å². The van der Waals surface area contributed by atoms with E-state index in [1.165, 1.54) is 10.7 Å². The molecule has 5 rings (SSSR count). The zero-order valence-electron chi connectivity index (χ0n) is 22.1. The first-order valence-electron chi connectivity index (χ1n) is 13.2. The number of anilines is 3. The van der Waals surface area contributed by atoms with Gasteiger partial charge < -0.3 is 25.4 Å². The second-order valence-electron chi connectivity index (χ2n) is 10.9. The molecule has 4 heterocycles. The maximum absolute atomic E-state index is 13.2. The zero-order chi connectivity index (χ0) is 26.9. The van der Waals surface area contributed by atoms with Gasteiger partial charge in [-0.2, -0.15) is 14.8 Å². The van der Waals surface area contributed by atoms with E-state index < -0.39 is 11.7 Å². The highest BCUT2D eigenvalue weighted by atomic mass is 16.5. The van der Waals surface area contributed by atoms with E-state index in [4.69, 9.17) is 4.74 Å². The second kappa shape index (κ2) is 10.5. The van der Waals surface area contributed by atoms with Crippen molar-refractivity contribution < 1.29 is 14.6 Å². The fourth-order valence-electron chi connectivity index (χ4n) is 4.95. The van der Waals surface area contributed by atoms with E-state index in [0.717, 1.165) is 51.6 Å². The number of nitrogens with one attached hydrogen (secondary N) is 2. The van der Waals surface area contributed by atoms with Gasteiger partial charge in [-0.05, 0) is 58.6 Å². The van der Waals surface area contributed by atoms with E-state index in [1.807, 2.05) is 25.7 Å². The molecule has 1 amide bonds. The quantitative estimate of drug-likeness (QED) is 0.443. The Morgan fingerprint density at radius 3 is 2.63 bits per heavy atom. The van der Waals surface area contributed by atoms with Gasteiger partial charge in [-0.3, -0.25) is 4.79 Å². The molecule has 3 aromatic heterocycles. The van der Waals surface area contributed by atoms with E-state index in [1.54, 1.807) is 18.2 Å². The first-order chi connectivity index (χ1) is 18.2. The minimum Gasteiger partial charge on any atom is -0.471 e. The van der Waals surface area contributed by atoms with Crippen molar-refractivity contribution in [1.82, 2.24) is 24.5 Å². The molecule has 200 valence electrons. The molecule has 1 saturated carbocycles. The molecule has 2 aliphatic rings. The number of carbonyl (C=O) groups is 1. The van der Waals surface area contributed by atoms with Crippen LogP contribution in [0.2, 0.25) is 0 Å². The number of nitriles is 1. The largest absolute Gasteiger partial charge is 0.471 e. The number of pyridine rings is 1. The summed E-state index contributed by atoms with van der Waals surface area (Å²) in [7, 11) is 0. The van der Waals surface area contributed by atoms with Crippen molar-refractivity contribution >= 4 is 28.9 Å². The lowest BCUT2D eigenvalue weighted by Gasteiger charge is -2.28. The summed E-state index contributed by atoms with van der Waals surface area (Å²) in [6.45, 7) is 7.20. The number of ether oxygens (including phenoxy) is 1. The maximum atomic E-state index is 13.2. The van der Waals surface area contributed by atoms with Crippen LogP contribution >= 0.6 is 0 Å². The number of fused-ring (bicyclic) bond motifs is 1. The number of aromatic nitrogens is 4. The van der Waals surface area contributed by atoms with Crippen LogP contribution in [-0.2, 0) is 0 Å². The molecule has 1 saturated heterocycles. The average molecular weight is 519 g/mol. The van der Waals surface area contributed by atoms with Gasteiger partial charge in [-0.25, -0.2) is 4.98 Å². The number of nitrogens with zero attached hydrogens (tertiary/aromatic N) is 6. The van der Waals surface area contributed by atoms with Gasteiger partial charge >= 0.3 is 0 Å². The lowest BCUT2D eigenvalue weighted by molar-refractivity contribution is 0.0771. The highest BCUT2D eigenvalue weighted by Gasteiger charge is 2.27. The van der Waals surface area contributed by atoms with Gasteiger partial charge in [0.05, 0.1) is 24.0 Å². The Kier molecular flexibility index (Phi) is 7.08. The van der Waals surface area contributed by atoms with Crippen molar-refractivity contribution in [2.24, 2.45) is 0 Å². The first kappa shape index (κ1) is 25.7. The predicted molar refractivity (Wildman–Crippen MR) is 143 cm³/mol. The minimum absolute atomic E-state index is 0.0865. The van der Waals surface area contributed by atoms with Crippen molar-refractivity contribution in [2.75, 3.05) is 23.7 Å². The van der Waals surface area contributed by atoms with Crippen LogP contribution in [0.5, 0.6) is 5.88 Å². The van der Waals surface area contributed by atoms with Gasteiger partial charge in [0.15, 0.2) is 11.3 Å². The van der Waals surface area contributed by atoms with Gasteiger partial charge in [0.2, 0.25) is 5.88 Å². The van der Waals surface area contributed by atoms with Gasteiger partial charge in [0.1, 0.15) is 28.9 Å². The number of carbonyl (C=O) groups excluding carboxylic acids is 1. The molecule has 38 heavy (non-hydrogen) atoms. The molecule has 1 aliphatic heterocycles. The number of hydrogen-bond donors (Lipinski definition) is 3. The summed E-state index contributed by atoms with van der Waals surface area (Å²) in [5.41, 5.74) is 1.18. The number of aliphatic hydroxyl groups excluding tert-OH is 1. The van der Waals surface area contributed by atoms with Crippen LogP contribution in [0.4, 0.5) is 17.3 Å². The van der Waals surface area contributed by atoms with E-state index in [2.05, 4.69) is 31.8 Å². The van der Waals surface area contributed by atoms with E-state index in [-0.39, 0.29) is 23.5 Å². The number of likely N-dealkylation sites (tertiary alicyclic amines) is 1. The standard InChI is InChI=1S/C27H34N8O3/c1-27(2,3)38-25-18(26(37)34-12-6-7-13-34)10-11-22(32-25)31-20-14-23(30-19-8-4-5-9-21(19)36)33-35-17(15-28)16-29-24(20)35/h10-11,14,16,19,21,36H,4-9,12-13H2,1-3H3,(H,30,33)(H,31,32)/t19-,21-/m1/s1. The molecule has 2 atom stereocenters. The average Bonchev–Trinajstić information content (AvgIpc) is 3.55. The Morgan fingerprint density at radius 1 is 1.16 bits per heavy atom. The number of hydrogen-bond acceptors (Lipinski definition) is 9. The Bertz CT molecular complexity index is 1370. The third-order valence-electron chi connectivity index (χ3n) is 6.79. The zero-order valence-corrected chi connectivity index (χ0v) is 22.1.